The van der Waals surface area contributed by atoms with Crippen molar-refractivity contribution in [2.24, 2.45) is 0 Å². The molecule has 0 radical (unpaired) electrons. The molecule has 0 bridgehead atoms. The minimum atomic E-state index is 0.236. The van der Waals surface area contributed by atoms with Crippen molar-refractivity contribution >= 4 is 81.7 Å². The summed E-state index contributed by atoms with van der Waals surface area (Å²) in [6.07, 6.45) is 9.75. The van der Waals surface area contributed by atoms with Crippen LogP contribution in [0.5, 0.6) is 0 Å². The van der Waals surface area contributed by atoms with Crippen LogP contribution in [0.3, 0.4) is 0 Å². The zero-order valence-electron chi connectivity index (χ0n) is 29.3. The van der Waals surface area contributed by atoms with E-state index in [1.807, 2.05) is 0 Å². The normalized spacial score (nSPS) is 14.6. The van der Waals surface area contributed by atoms with Crippen LogP contribution in [0.25, 0.3) is 104 Å². The molecular formula is C50H32N4. The van der Waals surface area contributed by atoms with E-state index in [1.54, 1.807) is 0 Å². The first-order chi connectivity index (χ1) is 26.8. The third kappa shape index (κ3) is 4.19. The van der Waals surface area contributed by atoms with E-state index in [2.05, 4.69) is 185 Å². The Labute approximate surface area is 310 Å². The number of aromatic nitrogens is 4. The molecule has 0 saturated heterocycles. The van der Waals surface area contributed by atoms with Gasteiger partial charge in [0, 0.05) is 27.1 Å². The van der Waals surface area contributed by atoms with Crippen molar-refractivity contribution in [3.05, 3.63) is 176 Å². The summed E-state index contributed by atoms with van der Waals surface area (Å²) in [6.45, 7) is 0. The number of hydrogen-bond acceptors (Lipinski definition) is 2. The number of hydrogen-bond donors (Lipinski definition) is 0. The second kappa shape index (κ2) is 11.2. The lowest BCUT2D eigenvalue weighted by atomic mass is 9.96. The van der Waals surface area contributed by atoms with Gasteiger partial charge in [-0.1, -0.05) is 133 Å². The SMILES string of the molecule is C1=CCC(n2c(-c3ccc4cc(-c5ccc6c(c5)c5ccccc5n5c6nc6c7ccccc7c7ccccc7c65)ccc4c3)nc3ccccc32)C=C1. The molecule has 3 aromatic heterocycles. The van der Waals surface area contributed by atoms with E-state index in [0.29, 0.717) is 0 Å². The van der Waals surface area contributed by atoms with Crippen LogP contribution in [-0.2, 0) is 0 Å². The number of pyridine rings is 1. The fourth-order valence-electron chi connectivity index (χ4n) is 9.07. The van der Waals surface area contributed by atoms with Crippen LogP contribution in [0.1, 0.15) is 12.5 Å². The highest BCUT2D eigenvalue weighted by Gasteiger charge is 2.21. The van der Waals surface area contributed by atoms with E-state index in [1.165, 1.54) is 59.7 Å². The maximum absolute atomic E-state index is 5.45. The summed E-state index contributed by atoms with van der Waals surface area (Å²) in [5.74, 6) is 1.01. The number of nitrogens with zero attached hydrogens (tertiary/aromatic N) is 4. The largest absolute Gasteiger partial charge is 0.317 e. The number of allylic oxidation sites excluding steroid dienone is 4. The third-order valence-corrected chi connectivity index (χ3v) is 11.5. The van der Waals surface area contributed by atoms with Crippen molar-refractivity contribution in [1.29, 1.82) is 0 Å². The lowest BCUT2D eigenvalue weighted by molar-refractivity contribution is 0.631. The summed E-state index contributed by atoms with van der Waals surface area (Å²) in [6, 6.07) is 55.4. The van der Waals surface area contributed by atoms with Gasteiger partial charge in [0.25, 0.3) is 0 Å². The van der Waals surface area contributed by atoms with E-state index >= 15 is 0 Å². The second-order valence-electron chi connectivity index (χ2n) is 14.5. The van der Waals surface area contributed by atoms with Gasteiger partial charge in [0.15, 0.2) is 0 Å². The van der Waals surface area contributed by atoms with Gasteiger partial charge >= 0.3 is 0 Å². The van der Waals surface area contributed by atoms with Crippen LogP contribution in [0.2, 0.25) is 0 Å². The van der Waals surface area contributed by atoms with Gasteiger partial charge in [-0.3, -0.25) is 4.40 Å². The molecule has 54 heavy (non-hydrogen) atoms. The highest BCUT2D eigenvalue weighted by Crippen LogP contribution is 2.41. The average molecular weight is 689 g/mol. The van der Waals surface area contributed by atoms with Gasteiger partial charge in [-0.15, -0.1) is 0 Å². The molecule has 0 aliphatic heterocycles. The Morgan fingerprint density at radius 3 is 1.94 bits per heavy atom. The molecule has 4 nitrogen and oxygen atoms in total. The summed E-state index contributed by atoms with van der Waals surface area (Å²) in [5.41, 5.74) is 10.1. The standard InChI is InChI=1S/C50H32N4/c1-2-12-36(13-3-1)53-46-21-11-9-19-44(46)51-49(53)35-25-24-31-28-32(22-23-33(31)29-35)34-26-27-42-43(30-34)39-16-8-10-20-45(39)54-48-41-18-7-5-15-38(41)37-14-4-6-17-40(37)47(48)52-50(42)54/h1-12,14-30,36H,13H2. The number of benzene rings is 8. The lowest BCUT2D eigenvalue weighted by Crippen LogP contribution is -2.08. The van der Waals surface area contributed by atoms with Crippen LogP contribution >= 0.6 is 0 Å². The van der Waals surface area contributed by atoms with Crippen molar-refractivity contribution < 1.29 is 0 Å². The smallest absolute Gasteiger partial charge is 0.146 e. The molecule has 0 saturated carbocycles. The Morgan fingerprint density at radius 2 is 1.13 bits per heavy atom. The lowest BCUT2D eigenvalue weighted by Gasteiger charge is -2.19. The molecule has 0 spiro atoms. The summed E-state index contributed by atoms with van der Waals surface area (Å²) in [4.78, 5) is 10.6. The van der Waals surface area contributed by atoms with E-state index in [9.17, 15) is 0 Å². The van der Waals surface area contributed by atoms with Crippen molar-refractivity contribution in [2.75, 3.05) is 0 Å². The number of imidazole rings is 2. The molecule has 0 amide bonds. The van der Waals surface area contributed by atoms with Crippen LogP contribution in [0, 0.1) is 0 Å². The fraction of sp³-hybridized carbons (Fsp3) is 0.0400. The molecule has 4 heteroatoms. The predicted octanol–water partition coefficient (Wildman–Crippen LogP) is 13.0. The molecule has 8 aromatic carbocycles. The van der Waals surface area contributed by atoms with E-state index < -0.39 is 0 Å². The van der Waals surface area contributed by atoms with Crippen LogP contribution in [0.4, 0.5) is 0 Å². The number of para-hydroxylation sites is 3. The third-order valence-electron chi connectivity index (χ3n) is 11.5. The first kappa shape index (κ1) is 29.5. The molecule has 11 aromatic rings. The second-order valence-corrected chi connectivity index (χ2v) is 14.5. The molecule has 1 aliphatic rings. The number of fused-ring (bicyclic) bond motifs is 15. The van der Waals surface area contributed by atoms with Gasteiger partial charge in [-0.25, -0.2) is 9.97 Å². The molecule has 12 rings (SSSR count). The van der Waals surface area contributed by atoms with Crippen LogP contribution < -0.4 is 0 Å². The van der Waals surface area contributed by atoms with Gasteiger partial charge in [-0.2, -0.15) is 0 Å². The van der Waals surface area contributed by atoms with Crippen molar-refractivity contribution in [1.82, 2.24) is 18.9 Å². The van der Waals surface area contributed by atoms with Crippen molar-refractivity contribution in [3.63, 3.8) is 0 Å². The van der Waals surface area contributed by atoms with Gasteiger partial charge in [-0.05, 0) is 86.9 Å². The topological polar surface area (TPSA) is 35.1 Å². The Kier molecular flexibility index (Phi) is 6.14. The minimum Gasteiger partial charge on any atom is -0.317 e. The van der Waals surface area contributed by atoms with Crippen LogP contribution in [-0.4, -0.2) is 18.9 Å². The molecule has 1 atom stereocenters. The summed E-state index contributed by atoms with van der Waals surface area (Å²) in [7, 11) is 0. The first-order valence-corrected chi connectivity index (χ1v) is 18.7. The number of rotatable bonds is 3. The monoisotopic (exact) mass is 688 g/mol. The first-order valence-electron chi connectivity index (χ1n) is 18.7. The zero-order chi connectivity index (χ0) is 35.3. The molecule has 1 aliphatic carbocycles. The van der Waals surface area contributed by atoms with Crippen LogP contribution in [0.15, 0.2) is 176 Å². The molecule has 252 valence electrons. The van der Waals surface area contributed by atoms with Gasteiger partial charge in [0.1, 0.15) is 11.5 Å². The van der Waals surface area contributed by atoms with E-state index in [-0.39, 0.29) is 6.04 Å². The minimum absolute atomic E-state index is 0.236. The molecule has 0 fully saturated rings. The predicted molar refractivity (Wildman–Crippen MR) is 226 cm³/mol. The zero-order valence-corrected chi connectivity index (χ0v) is 29.3. The van der Waals surface area contributed by atoms with E-state index in [0.717, 1.165) is 50.9 Å². The highest BCUT2D eigenvalue weighted by atomic mass is 15.1. The van der Waals surface area contributed by atoms with E-state index in [4.69, 9.17) is 9.97 Å². The van der Waals surface area contributed by atoms with Crippen molar-refractivity contribution in [3.8, 4) is 22.5 Å². The maximum atomic E-state index is 5.45. The average Bonchev–Trinajstić information content (AvgIpc) is 3.84. The quantitative estimate of drug-likeness (QED) is 0.173. The van der Waals surface area contributed by atoms with Crippen molar-refractivity contribution in [2.45, 2.75) is 12.5 Å². The molecule has 0 N–H and O–H groups in total. The highest BCUT2D eigenvalue weighted by molar-refractivity contribution is 6.26. The summed E-state index contributed by atoms with van der Waals surface area (Å²) >= 11 is 0. The Morgan fingerprint density at radius 1 is 0.481 bits per heavy atom. The molecule has 1 unspecified atom stereocenters. The molecule has 3 heterocycles. The van der Waals surface area contributed by atoms with Gasteiger partial charge in [0.05, 0.1) is 33.6 Å². The fourth-order valence-corrected chi connectivity index (χ4v) is 9.07. The Bertz CT molecular complexity index is 3430. The maximum Gasteiger partial charge on any atom is 0.146 e. The Hall–Kier alpha value is -7.04. The summed E-state index contributed by atoms with van der Waals surface area (Å²) in [5, 5.41) is 10.9. The van der Waals surface area contributed by atoms with Gasteiger partial charge < -0.3 is 4.57 Å². The molecular weight excluding hydrogens is 657 g/mol. The van der Waals surface area contributed by atoms with Gasteiger partial charge in [0.2, 0.25) is 0 Å². The Balaban J connectivity index is 1.03. The summed E-state index contributed by atoms with van der Waals surface area (Å²) < 4.78 is 4.79.